The number of sulfonamides is 1. The summed E-state index contributed by atoms with van der Waals surface area (Å²) in [6.07, 6.45) is 2.81. The largest absolute Gasteiger partial charge is 0.398 e. The molecule has 0 bridgehead atoms. The molecule has 20 heavy (non-hydrogen) atoms. The van der Waals surface area contributed by atoms with Gasteiger partial charge in [0.2, 0.25) is 10.0 Å². The van der Waals surface area contributed by atoms with Crippen LogP contribution in [-0.2, 0) is 10.0 Å². The Morgan fingerprint density at radius 3 is 2.30 bits per heavy atom. The summed E-state index contributed by atoms with van der Waals surface area (Å²) >= 11 is 0. The minimum absolute atomic E-state index is 0.0587. The predicted octanol–water partition coefficient (Wildman–Crippen LogP) is 0.769. The van der Waals surface area contributed by atoms with E-state index in [2.05, 4.69) is 30.7 Å². The molecule has 1 aliphatic rings. The molecule has 0 saturated carbocycles. The monoisotopic (exact) mass is 298 g/mol. The van der Waals surface area contributed by atoms with Crippen LogP contribution >= 0.6 is 0 Å². The highest BCUT2D eigenvalue weighted by Gasteiger charge is 2.33. The summed E-state index contributed by atoms with van der Waals surface area (Å²) in [5.41, 5.74) is 6.06. The van der Waals surface area contributed by atoms with Gasteiger partial charge in [-0.3, -0.25) is 9.88 Å². The summed E-state index contributed by atoms with van der Waals surface area (Å²) in [4.78, 5) is 6.25. The van der Waals surface area contributed by atoms with Gasteiger partial charge in [0.1, 0.15) is 4.90 Å². The van der Waals surface area contributed by atoms with Crippen LogP contribution in [0.5, 0.6) is 0 Å². The highest BCUT2D eigenvalue weighted by Crippen LogP contribution is 2.23. The van der Waals surface area contributed by atoms with E-state index in [1.165, 1.54) is 22.8 Å². The first kappa shape index (κ1) is 15.2. The van der Waals surface area contributed by atoms with E-state index < -0.39 is 10.0 Å². The summed E-state index contributed by atoms with van der Waals surface area (Å²) in [5, 5.41) is 0. The van der Waals surface area contributed by atoms with Crippen molar-refractivity contribution in [3.63, 3.8) is 0 Å². The lowest BCUT2D eigenvalue weighted by atomic mass is 10.1. The van der Waals surface area contributed by atoms with E-state index in [9.17, 15) is 8.42 Å². The lowest BCUT2D eigenvalue weighted by molar-refractivity contribution is 0.0922. The lowest BCUT2D eigenvalue weighted by Crippen LogP contribution is -2.54. The van der Waals surface area contributed by atoms with Crippen molar-refractivity contribution in [2.24, 2.45) is 0 Å². The fourth-order valence-corrected chi connectivity index (χ4v) is 3.83. The molecule has 1 aliphatic heterocycles. The maximum Gasteiger partial charge on any atom is 0.246 e. The number of anilines is 1. The van der Waals surface area contributed by atoms with Gasteiger partial charge in [-0.2, -0.15) is 4.31 Å². The van der Waals surface area contributed by atoms with E-state index in [1.807, 2.05) is 0 Å². The molecular formula is C13H22N4O2S. The van der Waals surface area contributed by atoms with Crippen LogP contribution in [0.4, 0.5) is 5.69 Å². The van der Waals surface area contributed by atoms with Crippen LogP contribution in [-0.4, -0.2) is 54.3 Å². The molecule has 2 N–H and O–H groups in total. The molecule has 0 aliphatic carbocycles. The molecule has 0 radical (unpaired) electrons. The number of pyridine rings is 1. The summed E-state index contributed by atoms with van der Waals surface area (Å²) in [5.74, 6) is 0. The van der Waals surface area contributed by atoms with Gasteiger partial charge < -0.3 is 5.73 Å². The molecule has 7 heteroatoms. The molecule has 0 aromatic carbocycles. The Kier molecular flexibility index (Phi) is 4.04. The Morgan fingerprint density at radius 1 is 1.20 bits per heavy atom. The topological polar surface area (TPSA) is 79.5 Å². The third-order valence-corrected chi connectivity index (χ3v) is 5.56. The van der Waals surface area contributed by atoms with Crippen molar-refractivity contribution in [3.8, 4) is 0 Å². The molecule has 2 heterocycles. The smallest absolute Gasteiger partial charge is 0.246 e. The summed E-state index contributed by atoms with van der Waals surface area (Å²) in [7, 11) is -3.54. The molecule has 0 atom stereocenters. The standard InChI is InChI=1S/C13H22N4O2S/c1-13(2,3)16-6-8-17(9-7-16)20(18,19)12-10-15-5-4-11(12)14/h4-5,10H,6-9H2,1-3H3,(H2,14,15). The zero-order valence-electron chi connectivity index (χ0n) is 12.2. The fraction of sp³-hybridized carbons (Fsp3) is 0.615. The molecule has 112 valence electrons. The van der Waals surface area contributed by atoms with Crippen molar-refractivity contribution in [1.82, 2.24) is 14.2 Å². The second-order valence-electron chi connectivity index (χ2n) is 5.98. The number of piperazine rings is 1. The predicted molar refractivity (Wildman–Crippen MR) is 78.7 cm³/mol. The van der Waals surface area contributed by atoms with Crippen molar-refractivity contribution in [3.05, 3.63) is 18.5 Å². The molecule has 1 saturated heterocycles. The van der Waals surface area contributed by atoms with Crippen LogP contribution in [0.25, 0.3) is 0 Å². The number of rotatable bonds is 2. The van der Waals surface area contributed by atoms with Gasteiger partial charge >= 0.3 is 0 Å². The van der Waals surface area contributed by atoms with E-state index >= 15 is 0 Å². The third-order valence-electron chi connectivity index (χ3n) is 3.62. The molecule has 2 rings (SSSR count). The number of nitrogens with two attached hydrogens (primary N) is 1. The van der Waals surface area contributed by atoms with Gasteiger partial charge in [-0.1, -0.05) is 0 Å². The fourth-order valence-electron chi connectivity index (χ4n) is 2.34. The molecule has 0 spiro atoms. The zero-order chi connectivity index (χ0) is 15.0. The first-order valence-electron chi connectivity index (χ1n) is 6.67. The Bertz CT molecular complexity index is 572. The Morgan fingerprint density at radius 2 is 1.80 bits per heavy atom. The van der Waals surface area contributed by atoms with Crippen molar-refractivity contribution in [2.45, 2.75) is 31.2 Å². The molecule has 0 unspecified atom stereocenters. The quantitative estimate of drug-likeness (QED) is 0.872. The first-order valence-corrected chi connectivity index (χ1v) is 8.11. The first-order chi connectivity index (χ1) is 9.23. The summed E-state index contributed by atoms with van der Waals surface area (Å²) < 4.78 is 26.6. The second-order valence-corrected chi connectivity index (χ2v) is 7.88. The number of hydrogen-bond acceptors (Lipinski definition) is 5. The highest BCUT2D eigenvalue weighted by atomic mass is 32.2. The van der Waals surface area contributed by atoms with E-state index in [1.54, 1.807) is 0 Å². The number of nitrogens with zero attached hydrogens (tertiary/aromatic N) is 3. The number of aromatic nitrogens is 1. The van der Waals surface area contributed by atoms with Gasteiger partial charge in [-0.05, 0) is 26.8 Å². The molecule has 0 amide bonds. The van der Waals surface area contributed by atoms with E-state index in [0.29, 0.717) is 13.1 Å². The minimum Gasteiger partial charge on any atom is -0.398 e. The van der Waals surface area contributed by atoms with Crippen LogP contribution in [0.3, 0.4) is 0 Å². The SMILES string of the molecule is CC(C)(C)N1CCN(S(=O)(=O)c2cnccc2N)CC1. The zero-order valence-corrected chi connectivity index (χ0v) is 13.0. The summed E-state index contributed by atoms with van der Waals surface area (Å²) in [6.45, 7) is 8.82. The summed E-state index contributed by atoms with van der Waals surface area (Å²) in [6, 6.07) is 1.51. The minimum atomic E-state index is -3.54. The van der Waals surface area contributed by atoms with E-state index in [4.69, 9.17) is 5.73 Å². The number of nitrogen functional groups attached to an aromatic ring is 1. The molecule has 1 fully saturated rings. The van der Waals surface area contributed by atoms with Gasteiger partial charge in [0.05, 0.1) is 5.69 Å². The normalized spacial score (nSPS) is 19.1. The van der Waals surface area contributed by atoms with Crippen molar-refractivity contribution in [2.75, 3.05) is 31.9 Å². The van der Waals surface area contributed by atoms with Crippen molar-refractivity contribution < 1.29 is 8.42 Å². The second kappa shape index (κ2) is 5.31. The van der Waals surface area contributed by atoms with Crippen LogP contribution in [0.15, 0.2) is 23.4 Å². The van der Waals surface area contributed by atoms with Gasteiger partial charge in [0.15, 0.2) is 0 Å². The lowest BCUT2D eigenvalue weighted by Gasteiger charge is -2.41. The van der Waals surface area contributed by atoms with Crippen molar-refractivity contribution >= 4 is 15.7 Å². The average molecular weight is 298 g/mol. The molecule has 6 nitrogen and oxygen atoms in total. The van der Waals surface area contributed by atoms with E-state index in [-0.39, 0.29) is 16.1 Å². The Hall–Kier alpha value is -1.18. The molecule has 1 aromatic heterocycles. The maximum atomic E-state index is 12.6. The number of hydrogen-bond donors (Lipinski definition) is 1. The Labute approximate surface area is 120 Å². The maximum absolute atomic E-state index is 12.6. The highest BCUT2D eigenvalue weighted by molar-refractivity contribution is 7.89. The van der Waals surface area contributed by atoms with Crippen LogP contribution in [0, 0.1) is 0 Å². The van der Waals surface area contributed by atoms with Crippen LogP contribution in [0.2, 0.25) is 0 Å². The van der Waals surface area contributed by atoms with Gasteiger partial charge in [-0.25, -0.2) is 8.42 Å². The van der Waals surface area contributed by atoms with Crippen LogP contribution in [0.1, 0.15) is 20.8 Å². The molecular weight excluding hydrogens is 276 g/mol. The van der Waals surface area contributed by atoms with Gasteiger partial charge in [-0.15, -0.1) is 0 Å². The van der Waals surface area contributed by atoms with E-state index in [0.717, 1.165) is 13.1 Å². The van der Waals surface area contributed by atoms with Gasteiger partial charge in [0, 0.05) is 44.1 Å². The van der Waals surface area contributed by atoms with Crippen LogP contribution < -0.4 is 5.73 Å². The van der Waals surface area contributed by atoms with Gasteiger partial charge in [0.25, 0.3) is 0 Å². The van der Waals surface area contributed by atoms with Crippen molar-refractivity contribution in [1.29, 1.82) is 0 Å². The molecule has 1 aromatic rings. The average Bonchev–Trinajstić information content (AvgIpc) is 2.38. The Balaban J connectivity index is 2.16. The third kappa shape index (κ3) is 2.94.